The lowest BCUT2D eigenvalue weighted by Crippen LogP contribution is -2.48. The van der Waals surface area contributed by atoms with E-state index in [1.165, 1.54) is 0 Å². The van der Waals surface area contributed by atoms with E-state index in [2.05, 4.69) is 5.32 Å². The minimum absolute atomic E-state index is 0.467. The van der Waals surface area contributed by atoms with Crippen molar-refractivity contribution in [3.8, 4) is 0 Å². The SMILES string of the molecule is CCO[Si](CCNCN)(OCC)OCC. The third-order valence-electron chi connectivity index (χ3n) is 1.85. The van der Waals surface area contributed by atoms with Crippen molar-refractivity contribution in [2.75, 3.05) is 33.0 Å². The van der Waals surface area contributed by atoms with Gasteiger partial charge in [-0.25, -0.2) is 0 Å². The van der Waals surface area contributed by atoms with E-state index in [-0.39, 0.29) is 0 Å². The van der Waals surface area contributed by atoms with Crippen LogP contribution in [0, 0.1) is 0 Å². The van der Waals surface area contributed by atoms with Crippen molar-refractivity contribution in [3.63, 3.8) is 0 Å². The first-order valence-electron chi connectivity index (χ1n) is 5.57. The lowest BCUT2D eigenvalue weighted by molar-refractivity contribution is 0.0714. The van der Waals surface area contributed by atoms with E-state index in [1.54, 1.807) is 0 Å². The Morgan fingerprint density at radius 2 is 1.47 bits per heavy atom. The minimum Gasteiger partial charge on any atom is -0.374 e. The summed E-state index contributed by atoms with van der Waals surface area (Å²) in [5.41, 5.74) is 5.36. The summed E-state index contributed by atoms with van der Waals surface area (Å²) in [7, 11) is -2.45. The zero-order valence-electron chi connectivity index (χ0n) is 10.0. The Balaban J connectivity index is 4.18. The van der Waals surface area contributed by atoms with Crippen LogP contribution in [0.2, 0.25) is 6.04 Å². The van der Waals surface area contributed by atoms with Gasteiger partial charge in [-0.05, 0) is 20.8 Å². The van der Waals surface area contributed by atoms with Crippen molar-refractivity contribution < 1.29 is 13.3 Å². The molecule has 0 heterocycles. The first-order valence-corrected chi connectivity index (χ1v) is 7.50. The van der Waals surface area contributed by atoms with Crippen LogP contribution < -0.4 is 11.1 Å². The molecule has 92 valence electrons. The Labute approximate surface area is 93.6 Å². The molecule has 0 spiro atoms. The second-order valence-electron chi connectivity index (χ2n) is 2.94. The molecule has 5 nitrogen and oxygen atoms in total. The van der Waals surface area contributed by atoms with Crippen LogP contribution in [0.3, 0.4) is 0 Å². The second kappa shape index (κ2) is 9.26. The number of rotatable bonds is 10. The molecule has 0 bridgehead atoms. The van der Waals surface area contributed by atoms with Gasteiger partial charge in [0.05, 0.1) is 0 Å². The van der Waals surface area contributed by atoms with Crippen LogP contribution in [0.1, 0.15) is 20.8 Å². The lowest BCUT2D eigenvalue weighted by atomic mass is 10.7. The first kappa shape index (κ1) is 15.0. The number of nitrogens with one attached hydrogen (secondary N) is 1. The van der Waals surface area contributed by atoms with Gasteiger partial charge in [0, 0.05) is 39.1 Å². The van der Waals surface area contributed by atoms with E-state index >= 15 is 0 Å². The molecule has 0 aromatic heterocycles. The van der Waals surface area contributed by atoms with E-state index in [4.69, 9.17) is 19.0 Å². The third kappa shape index (κ3) is 6.24. The molecule has 0 rings (SSSR count). The maximum Gasteiger partial charge on any atom is 0.502 e. The quantitative estimate of drug-likeness (QED) is 0.329. The van der Waals surface area contributed by atoms with Gasteiger partial charge >= 0.3 is 8.80 Å². The number of hydrogen-bond acceptors (Lipinski definition) is 5. The summed E-state index contributed by atoms with van der Waals surface area (Å²) < 4.78 is 17.0. The molecule has 0 aliphatic heterocycles. The van der Waals surface area contributed by atoms with Crippen molar-refractivity contribution in [1.82, 2.24) is 5.32 Å². The molecule has 0 aliphatic rings. The van der Waals surface area contributed by atoms with Crippen LogP contribution in [-0.4, -0.2) is 41.8 Å². The summed E-state index contributed by atoms with van der Waals surface area (Å²) in [4.78, 5) is 0. The van der Waals surface area contributed by atoms with E-state index in [1.807, 2.05) is 20.8 Å². The van der Waals surface area contributed by atoms with Crippen molar-refractivity contribution in [2.45, 2.75) is 26.8 Å². The highest BCUT2D eigenvalue weighted by Crippen LogP contribution is 2.14. The zero-order chi connectivity index (χ0) is 11.6. The van der Waals surface area contributed by atoms with Gasteiger partial charge in [0.15, 0.2) is 0 Å². The molecule has 0 radical (unpaired) electrons. The van der Waals surface area contributed by atoms with Gasteiger partial charge in [0.2, 0.25) is 0 Å². The topological polar surface area (TPSA) is 65.7 Å². The van der Waals surface area contributed by atoms with Crippen LogP contribution >= 0.6 is 0 Å². The normalized spacial score (nSPS) is 12.0. The van der Waals surface area contributed by atoms with Gasteiger partial charge in [-0.15, -0.1) is 0 Å². The van der Waals surface area contributed by atoms with E-state index in [9.17, 15) is 0 Å². The van der Waals surface area contributed by atoms with Gasteiger partial charge in [0.25, 0.3) is 0 Å². The molecule has 3 N–H and O–H groups in total. The molecule has 0 saturated heterocycles. The molecule has 0 fully saturated rings. The highest BCUT2D eigenvalue weighted by atomic mass is 28.4. The molecule has 0 aromatic carbocycles. The summed E-state index contributed by atoms with van der Waals surface area (Å²) in [5, 5.41) is 3.05. The third-order valence-corrected chi connectivity index (χ3v) is 4.89. The van der Waals surface area contributed by atoms with Gasteiger partial charge in [-0.1, -0.05) is 0 Å². The van der Waals surface area contributed by atoms with Crippen LogP contribution in [0.4, 0.5) is 0 Å². The molecule has 0 saturated carbocycles. The van der Waals surface area contributed by atoms with Crippen LogP contribution in [0.15, 0.2) is 0 Å². The fourth-order valence-corrected chi connectivity index (χ4v) is 3.83. The molecule has 0 amide bonds. The highest BCUT2D eigenvalue weighted by Gasteiger charge is 2.39. The van der Waals surface area contributed by atoms with Gasteiger partial charge in [0.1, 0.15) is 0 Å². The van der Waals surface area contributed by atoms with Gasteiger partial charge < -0.3 is 24.3 Å². The monoisotopic (exact) mass is 236 g/mol. The Hall–Kier alpha value is 0.0169. The molecule has 0 unspecified atom stereocenters. The second-order valence-corrected chi connectivity index (χ2v) is 5.67. The number of hydrogen-bond donors (Lipinski definition) is 2. The fourth-order valence-electron chi connectivity index (χ4n) is 1.34. The van der Waals surface area contributed by atoms with Crippen LogP contribution in [0.5, 0.6) is 0 Å². The molecule has 0 atom stereocenters. The molecular weight excluding hydrogens is 212 g/mol. The minimum atomic E-state index is -2.45. The number of nitrogens with two attached hydrogens (primary N) is 1. The van der Waals surface area contributed by atoms with Crippen molar-refractivity contribution >= 4 is 8.80 Å². The molecular formula is C9H24N2O3Si. The average molecular weight is 236 g/mol. The van der Waals surface area contributed by atoms with Crippen LogP contribution in [0.25, 0.3) is 0 Å². The summed E-state index contributed by atoms with van der Waals surface area (Å²) in [5.74, 6) is 0. The summed E-state index contributed by atoms with van der Waals surface area (Å²) in [6.45, 7) is 8.96. The first-order chi connectivity index (χ1) is 7.24. The Kier molecular flexibility index (Phi) is 9.27. The average Bonchev–Trinajstić information content (AvgIpc) is 2.19. The maximum absolute atomic E-state index is 5.67. The smallest absolute Gasteiger partial charge is 0.374 e. The van der Waals surface area contributed by atoms with Crippen molar-refractivity contribution in [2.24, 2.45) is 5.73 Å². The maximum atomic E-state index is 5.67. The summed E-state index contributed by atoms with van der Waals surface area (Å²) in [6.07, 6.45) is 0. The molecule has 0 aliphatic carbocycles. The van der Waals surface area contributed by atoms with Crippen molar-refractivity contribution in [3.05, 3.63) is 0 Å². The predicted octanol–water partition coefficient (Wildman–Crippen LogP) is 0.541. The summed E-state index contributed by atoms with van der Waals surface area (Å²) in [6, 6.07) is 0.764. The molecule has 15 heavy (non-hydrogen) atoms. The summed E-state index contributed by atoms with van der Waals surface area (Å²) >= 11 is 0. The standard InChI is InChI=1S/C9H24N2O3Si/c1-4-12-15(13-5-2,14-6-3)8-7-11-9-10/h11H,4-10H2,1-3H3. The van der Waals surface area contributed by atoms with Crippen LogP contribution in [-0.2, 0) is 13.3 Å². The molecule has 0 aromatic rings. The van der Waals surface area contributed by atoms with Gasteiger partial charge in [-0.2, -0.15) is 0 Å². The Morgan fingerprint density at radius 3 is 1.80 bits per heavy atom. The Bertz CT molecular complexity index is 132. The van der Waals surface area contributed by atoms with Crippen molar-refractivity contribution in [1.29, 1.82) is 0 Å². The Morgan fingerprint density at radius 1 is 1.00 bits per heavy atom. The highest BCUT2D eigenvalue weighted by molar-refractivity contribution is 6.60. The fraction of sp³-hybridized carbons (Fsp3) is 1.00. The van der Waals surface area contributed by atoms with E-state index in [0.717, 1.165) is 12.6 Å². The van der Waals surface area contributed by atoms with Gasteiger partial charge in [-0.3, -0.25) is 0 Å². The van der Waals surface area contributed by atoms with E-state index in [0.29, 0.717) is 26.5 Å². The zero-order valence-corrected chi connectivity index (χ0v) is 11.0. The van der Waals surface area contributed by atoms with E-state index < -0.39 is 8.80 Å². The lowest BCUT2D eigenvalue weighted by Gasteiger charge is -2.28. The largest absolute Gasteiger partial charge is 0.502 e. The molecule has 6 heteroatoms. The predicted molar refractivity (Wildman–Crippen MR) is 62.5 cm³/mol.